The lowest BCUT2D eigenvalue weighted by molar-refractivity contribution is 0.823. The SMILES string of the molecule is Cc1cncc(CSC(C)CCN)c1. The van der Waals surface area contributed by atoms with Gasteiger partial charge in [-0.1, -0.05) is 13.0 Å². The van der Waals surface area contributed by atoms with Gasteiger partial charge in [0.2, 0.25) is 0 Å². The minimum atomic E-state index is 0.639. The molecule has 0 amide bonds. The lowest BCUT2D eigenvalue weighted by Crippen LogP contribution is -2.07. The topological polar surface area (TPSA) is 38.9 Å². The molecule has 1 atom stereocenters. The van der Waals surface area contributed by atoms with Crippen molar-refractivity contribution in [2.75, 3.05) is 6.54 Å². The van der Waals surface area contributed by atoms with Crippen LogP contribution >= 0.6 is 11.8 Å². The van der Waals surface area contributed by atoms with Gasteiger partial charge in [0.25, 0.3) is 0 Å². The Labute approximate surface area is 90.3 Å². The quantitative estimate of drug-likeness (QED) is 0.811. The summed E-state index contributed by atoms with van der Waals surface area (Å²) < 4.78 is 0. The van der Waals surface area contributed by atoms with Gasteiger partial charge >= 0.3 is 0 Å². The normalized spacial score (nSPS) is 12.8. The van der Waals surface area contributed by atoms with E-state index in [-0.39, 0.29) is 0 Å². The Balaban J connectivity index is 2.37. The Morgan fingerprint density at radius 2 is 2.29 bits per heavy atom. The highest BCUT2D eigenvalue weighted by molar-refractivity contribution is 7.99. The van der Waals surface area contributed by atoms with E-state index in [1.165, 1.54) is 11.1 Å². The Morgan fingerprint density at radius 3 is 2.93 bits per heavy atom. The molecule has 1 rings (SSSR count). The van der Waals surface area contributed by atoms with E-state index >= 15 is 0 Å². The Morgan fingerprint density at radius 1 is 1.50 bits per heavy atom. The zero-order chi connectivity index (χ0) is 10.4. The van der Waals surface area contributed by atoms with Gasteiger partial charge in [-0.05, 0) is 31.0 Å². The maximum atomic E-state index is 5.50. The summed E-state index contributed by atoms with van der Waals surface area (Å²) in [6, 6.07) is 2.19. The molecular formula is C11H18N2S. The first kappa shape index (κ1) is 11.5. The number of pyridine rings is 1. The maximum absolute atomic E-state index is 5.50. The van der Waals surface area contributed by atoms with E-state index < -0.39 is 0 Å². The van der Waals surface area contributed by atoms with Gasteiger partial charge < -0.3 is 5.73 Å². The first-order chi connectivity index (χ1) is 6.72. The third kappa shape index (κ3) is 4.11. The molecule has 2 nitrogen and oxygen atoms in total. The third-order valence-corrected chi connectivity index (χ3v) is 3.34. The second-order valence-electron chi connectivity index (χ2n) is 3.57. The van der Waals surface area contributed by atoms with Crippen molar-refractivity contribution in [3.8, 4) is 0 Å². The minimum Gasteiger partial charge on any atom is -0.330 e. The van der Waals surface area contributed by atoms with Crippen molar-refractivity contribution < 1.29 is 0 Å². The Hall–Kier alpha value is -0.540. The molecule has 1 aromatic heterocycles. The monoisotopic (exact) mass is 210 g/mol. The number of hydrogen-bond acceptors (Lipinski definition) is 3. The average Bonchev–Trinajstić information content (AvgIpc) is 2.15. The first-order valence-electron chi connectivity index (χ1n) is 4.94. The zero-order valence-corrected chi connectivity index (χ0v) is 9.68. The molecule has 0 saturated heterocycles. The first-order valence-corrected chi connectivity index (χ1v) is 5.99. The van der Waals surface area contributed by atoms with Crippen LogP contribution in [0.2, 0.25) is 0 Å². The van der Waals surface area contributed by atoms with Gasteiger partial charge in [-0.15, -0.1) is 0 Å². The van der Waals surface area contributed by atoms with Gasteiger partial charge in [0.1, 0.15) is 0 Å². The molecule has 0 aromatic carbocycles. The summed E-state index contributed by atoms with van der Waals surface area (Å²) in [6.45, 7) is 5.07. The second-order valence-corrected chi connectivity index (χ2v) is 5.00. The number of hydrogen-bond donors (Lipinski definition) is 1. The van der Waals surface area contributed by atoms with E-state index in [4.69, 9.17) is 5.73 Å². The molecule has 3 heteroatoms. The van der Waals surface area contributed by atoms with E-state index in [1.54, 1.807) is 0 Å². The highest BCUT2D eigenvalue weighted by atomic mass is 32.2. The molecule has 1 aromatic rings. The molecule has 0 bridgehead atoms. The van der Waals surface area contributed by atoms with Crippen LogP contribution in [-0.4, -0.2) is 16.8 Å². The van der Waals surface area contributed by atoms with Crippen molar-refractivity contribution in [3.63, 3.8) is 0 Å². The van der Waals surface area contributed by atoms with Crippen LogP contribution in [0.15, 0.2) is 18.5 Å². The maximum Gasteiger partial charge on any atom is 0.0308 e. The van der Waals surface area contributed by atoms with E-state index in [1.807, 2.05) is 24.2 Å². The van der Waals surface area contributed by atoms with E-state index in [0.717, 1.165) is 18.7 Å². The molecule has 78 valence electrons. The van der Waals surface area contributed by atoms with Crippen molar-refractivity contribution in [3.05, 3.63) is 29.6 Å². The average molecular weight is 210 g/mol. The van der Waals surface area contributed by atoms with Crippen LogP contribution < -0.4 is 5.73 Å². The van der Waals surface area contributed by atoms with E-state index in [0.29, 0.717) is 5.25 Å². The molecule has 0 aliphatic heterocycles. The van der Waals surface area contributed by atoms with E-state index in [2.05, 4.69) is 24.9 Å². The predicted octanol–water partition coefficient (Wildman–Crippen LogP) is 2.36. The Kier molecular flexibility index (Phi) is 4.98. The fourth-order valence-corrected chi connectivity index (χ4v) is 2.19. The number of thioether (sulfide) groups is 1. The van der Waals surface area contributed by atoms with E-state index in [9.17, 15) is 0 Å². The van der Waals surface area contributed by atoms with Crippen molar-refractivity contribution in [1.82, 2.24) is 4.98 Å². The summed E-state index contributed by atoms with van der Waals surface area (Å²) in [5.41, 5.74) is 8.03. The minimum absolute atomic E-state index is 0.639. The van der Waals surface area contributed by atoms with Crippen LogP contribution in [-0.2, 0) is 5.75 Å². The van der Waals surface area contributed by atoms with Crippen LogP contribution in [0.4, 0.5) is 0 Å². The Bertz CT molecular complexity index is 276. The smallest absolute Gasteiger partial charge is 0.0308 e. The lowest BCUT2D eigenvalue weighted by atomic mass is 10.2. The summed E-state index contributed by atoms with van der Waals surface area (Å²) in [5, 5.41) is 0.639. The van der Waals surface area contributed by atoms with Crippen LogP contribution in [0.25, 0.3) is 0 Å². The largest absolute Gasteiger partial charge is 0.330 e. The summed E-state index contributed by atoms with van der Waals surface area (Å²) in [6.07, 6.45) is 4.91. The van der Waals surface area contributed by atoms with Crippen LogP contribution in [0.1, 0.15) is 24.5 Å². The molecule has 0 radical (unpaired) electrons. The summed E-state index contributed by atoms with van der Waals surface area (Å²) >= 11 is 1.94. The number of aromatic nitrogens is 1. The van der Waals surface area contributed by atoms with Crippen molar-refractivity contribution >= 4 is 11.8 Å². The summed E-state index contributed by atoms with van der Waals surface area (Å²) in [7, 11) is 0. The van der Waals surface area contributed by atoms with Gasteiger partial charge in [0, 0.05) is 23.4 Å². The number of nitrogens with two attached hydrogens (primary N) is 1. The molecule has 0 spiro atoms. The third-order valence-electron chi connectivity index (χ3n) is 2.04. The van der Waals surface area contributed by atoms with Gasteiger partial charge in [0.05, 0.1) is 0 Å². The van der Waals surface area contributed by atoms with Crippen molar-refractivity contribution in [1.29, 1.82) is 0 Å². The highest BCUT2D eigenvalue weighted by Crippen LogP contribution is 2.19. The summed E-state index contributed by atoms with van der Waals surface area (Å²) in [5.74, 6) is 1.04. The number of aryl methyl sites for hydroxylation is 1. The second kappa shape index (κ2) is 6.04. The molecular weight excluding hydrogens is 192 g/mol. The standard InChI is InChI=1S/C11H18N2S/c1-9-5-11(7-13-6-9)8-14-10(2)3-4-12/h5-7,10H,3-4,8,12H2,1-2H3. The zero-order valence-electron chi connectivity index (χ0n) is 8.86. The number of nitrogens with zero attached hydrogens (tertiary/aromatic N) is 1. The van der Waals surface area contributed by atoms with Gasteiger partial charge in [-0.2, -0.15) is 11.8 Å². The van der Waals surface area contributed by atoms with Crippen LogP contribution in [0.3, 0.4) is 0 Å². The lowest BCUT2D eigenvalue weighted by Gasteiger charge is -2.09. The van der Waals surface area contributed by atoms with Gasteiger partial charge in [0.15, 0.2) is 0 Å². The van der Waals surface area contributed by atoms with Crippen molar-refractivity contribution in [2.45, 2.75) is 31.3 Å². The fraction of sp³-hybridized carbons (Fsp3) is 0.545. The number of rotatable bonds is 5. The molecule has 2 N–H and O–H groups in total. The van der Waals surface area contributed by atoms with Crippen LogP contribution in [0, 0.1) is 6.92 Å². The van der Waals surface area contributed by atoms with Gasteiger partial charge in [-0.25, -0.2) is 0 Å². The predicted molar refractivity (Wildman–Crippen MR) is 63.4 cm³/mol. The molecule has 0 aliphatic carbocycles. The van der Waals surface area contributed by atoms with Crippen LogP contribution in [0.5, 0.6) is 0 Å². The molecule has 0 aliphatic rings. The van der Waals surface area contributed by atoms with Gasteiger partial charge in [-0.3, -0.25) is 4.98 Å². The summed E-state index contributed by atoms with van der Waals surface area (Å²) in [4.78, 5) is 4.17. The molecule has 1 heterocycles. The fourth-order valence-electron chi connectivity index (χ4n) is 1.25. The molecule has 0 saturated carbocycles. The highest BCUT2D eigenvalue weighted by Gasteiger charge is 2.02. The molecule has 14 heavy (non-hydrogen) atoms. The molecule has 0 fully saturated rings. The molecule has 1 unspecified atom stereocenters. The van der Waals surface area contributed by atoms with Crippen molar-refractivity contribution in [2.24, 2.45) is 5.73 Å².